The van der Waals surface area contributed by atoms with Gasteiger partial charge in [-0.2, -0.15) is 0 Å². The van der Waals surface area contributed by atoms with Crippen LogP contribution in [0.15, 0.2) is 48.5 Å². The van der Waals surface area contributed by atoms with Gasteiger partial charge in [-0.25, -0.2) is 0 Å². The number of para-hydroxylation sites is 1. The first-order chi connectivity index (χ1) is 11.1. The second kappa shape index (κ2) is 7.98. The summed E-state index contributed by atoms with van der Waals surface area (Å²) in [4.78, 5) is 23.6. The summed E-state index contributed by atoms with van der Waals surface area (Å²) in [6.07, 6.45) is 0. The van der Waals surface area contributed by atoms with Crippen LogP contribution in [0, 0.1) is 13.8 Å². The summed E-state index contributed by atoms with van der Waals surface area (Å²) in [6.45, 7) is 3.70. The van der Waals surface area contributed by atoms with Crippen molar-refractivity contribution in [1.29, 1.82) is 0 Å². The van der Waals surface area contributed by atoms with Gasteiger partial charge in [0.1, 0.15) is 5.75 Å². The Labute approximate surface area is 135 Å². The lowest BCUT2D eigenvalue weighted by atomic mass is 10.1. The number of hydrogen-bond acceptors (Lipinski definition) is 3. The van der Waals surface area contributed by atoms with Crippen LogP contribution < -0.4 is 15.4 Å². The number of ether oxygens (including phenoxy) is 1. The lowest BCUT2D eigenvalue weighted by Gasteiger charge is -2.11. The zero-order valence-corrected chi connectivity index (χ0v) is 13.3. The molecule has 120 valence electrons. The molecule has 0 radical (unpaired) electrons. The fourth-order valence-corrected chi connectivity index (χ4v) is 1.98. The molecule has 2 amide bonds. The number of amides is 2. The van der Waals surface area contributed by atoms with Gasteiger partial charge in [-0.3, -0.25) is 9.59 Å². The predicted octanol–water partition coefficient (Wildman–Crippen LogP) is 2.44. The summed E-state index contributed by atoms with van der Waals surface area (Å²) in [5.41, 5.74) is 2.87. The Balaban J connectivity index is 1.75. The van der Waals surface area contributed by atoms with Crippen molar-refractivity contribution >= 4 is 17.5 Å². The van der Waals surface area contributed by atoms with Gasteiger partial charge in [-0.15, -0.1) is 0 Å². The van der Waals surface area contributed by atoms with Crippen LogP contribution in [0.5, 0.6) is 5.75 Å². The molecule has 2 aromatic carbocycles. The molecule has 0 atom stereocenters. The molecule has 0 aromatic heterocycles. The highest BCUT2D eigenvalue weighted by molar-refractivity contribution is 5.95. The minimum absolute atomic E-state index is 0.0929. The van der Waals surface area contributed by atoms with E-state index in [4.69, 9.17) is 4.74 Å². The SMILES string of the molecule is Cc1cccc(NC(=O)CNC(=O)COc2ccccc2)c1C. The Kier molecular flexibility index (Phi) is 5.74. The van der Waals surface area contributed by atoms with Crippen molar-refractivity contribution in [1.82, 2.24) is 5.32 Å². The standard InChI is InChI=1S/C18H20N2O3/c1-13-7-6-10-16(14(13)2)20-17(21)11-19-18(22)12-23-15-8-4-3-5-9-15/h3-10H,11-12H2,1-2H3,(H,19,22)(H,20,21). The molecule has 2 rings (SSSR count). The van der Waals surface area contributed by atoms with Gasteiger partial charge < -0.3 is 15.4 Å². The molecule has 0 aliphatic carbocycles. The fraction of sp³-hybridized carbons (Fsp3) is 0.222. The van der Waals surface area contributed by atoms with Crippen molar-refractivity contribution in [3.8, 4) is 5.75 Å². The molecule has 5 nitrogen and oxygen atoms in total. The number of rotatable bonds is 6. The van der Waals surface area contributed by atoms with Crippen molar-refractivity contribution in [3.63, 3.8) is 0 Å². The van der Waals surface area contributed by atoms with E-state index in [1.807, 2.05) is 50.2 Å². The first-order valence-corrected chi connectivity index (χ1v) is 7.37. The van der Waals surface area contributed by atoms with Gasteiger partial charge in [0.15, 0.2) is 6.61 Å². The van der Waals surface area contributed by atoms with Crippen LogP contribution in [-0.4, -0.2) is 25.0 Å². The van der Waals surface area contributed by atoms with Crippen LogP contribution in [-0.2, 0) is 9.59 Å². The van der Waals surface area contributed by atoms with Crippen molar-refractivity contribution in [2.24, 2.45) is 0 Å². The smallest absolute Gasteiger partial charge is 0.258 e. The van der Waals surface area contributed by atoms with Gasteiger partial charge in [0.05, 0.1) is 6.54 Å². The van der Waals surface area contributed by atoms with E-state index in [9.17, 15) is 9.59 Å². The van der Waals surface area contributed by atoms with Gasteiger partial charge in [-0.05, 0) is 43.2 Å². The maximum atomic E-state index is 11.9. The average molecular weight is 312 g/mol. The Morgan fingerprint density at radius 2 is 1.70 bits per heavy atom. The quantitative estimate of drug-likeness (QED) is 0.861. The van der Waals surface area contributed by atoms with Gasteiger partial charge in [0, 0.05) is 5.69 Å². The van der Waals surface area contributed by atoms with Gasteiger partial charge >= 0.3 is 0 Å². The van der Waals surface area contributed by atoms with Crippen LogP contribution in [0.3, 0.4) is 0 Å². The van der Waals surface area contributed by atoms with E-state index >= 15 is 0 Å². The van der Waals surface area contributed by atoms with Crippen LogP contribution in [0.1, 0.15) is 11.1 Å². The first kappa shape index (κ1) is 16.5. The summed E-state index contributed by atoms with van der Waals surface area (Å²) >= 11 is 0. The maximum absolute atomic E-state index is 11.9. The largest absolute Gasteiger partial charge is 0.484 e. The number of hydrogen-bond donors (Lipinski definition) is 2. The highest BCUT2D eigenvalue weighted by atomic mass is 16.5. The Morgan fingerprint density at radius 3 is 2.43 bits per heavy atom. The Hall–Kier alpha value is -2.82. The minimum atomic E-state index is -0.343. The van der Waals surface area contributed by atoms with Crippen LogP contribution in [0.2, 0.25) is 0 Å². The molecule has 5 heteroatoms. The fourth-order valence-electron chi connectivity index (χ4n) is 1.98. The molecular formula is C18H20N2O3. The summed E-state index contributed by atoms with van der Waals surface area (Å²) in [5.74, 6) is -0.000726. The molecule has 23 heavy (non-hydrogen) atoms. The van der Waals surface area contributed by atoms with Gasteiger partial charge in [0.25, 0.3) is 5.91 Å². The summed E-state index contributed by atoms with van der Waals surface area (Å²) in [5, 5.41) is 5.32. The second-order valence-electron chi connectivity index (χ2n) is 5.17. The molecule has 2 aromatic rings. The predicted molar refractivity (Wildman–Crippen MR) is 89.5 cm³/mol. The van der Waals surface area contributed by atoms with E-state index in [0.717, 1.165) is 16.8 Å². The Morgan fingerprint density at radius 1 is 0.957 bits per heavy atom. The maximum Gasteiger partial charge on any atom is 0.258 e. The number of nitrogens with one attached hydrogen (secondary N) is 2. The Bertz CT molecular complexity index is 684. The summed E-state index contributed by atoms with van der Waals surface area (Å²) in [7, 11) is 0. The van der Waals surface area contributed by atoms with Crippen LogP contribution in [0.4, 0.5) is 5.69 Å². The molecule has 2 N–H and O–H groups in total. The van der Waals surface area contributed by atoms with E-state index < -0.39 is 0 Å². The van der Waals surface area contributed by atoms with Crippen molar-refractivity contribution in [2.45, 2.75) is 13.8 Å². The average Bonchev–Trinajstić information content (AvgIpc) is 2.56. The molecule has 0 bridgehead atoms. The number of carbonyl (C=O) groups excluding carboxylic acids is 2. The second-order valence-corrected chi connectivity index (χ2v) is 5.17. The molecule has 0 saturated carbocycles. The molecular weight excluding hydrogens is 292 g/mol. The third kappa shape index (κ3) is 5.14. The third-order valence-corrected chi connectivity index (χ3v) is 3.44. The van der Waals surface area contributed by atoms with Crippen molar-refractivity contribution < 1.29 is 14.3 Å². The summed E-state index contributed by atoms with van der Waals surface area (Å²) in [6, 6.07) is 14.7. The van der Waals surface area contributed by atoms with Crippen LogP contribution >= 0.6 is 0 Å². The topological polar surface area (TPSA) is 67.4 Å². The number of anilines is 1. The molecule has 0 saturated heterocycles. The van der Waals surface area contributed by atoms with E-state index in [2.05, 4.69) is 10.6 Å². The monoisotopic (exact) mass is 312 g/mol. The molecule has 0 unspecified atom stereocenters. The zero-order chi connectivity index (χ0) is 16.7. The number of carbonyl (C=O) groups is 2. The highest BCUT2D eigenvalue weighted by Gasteiger charge is 2.08. The lowest BCUT2D eigenvalue weighted by molar-refractivity contribution is -0.125. The summed E-state index contributed by atoms with van der Waals surface area (Å²) < 4.78 is 5.31. The minimum Gasteiger partial charge on any atom is -0.484 e. The molecule has 0 heterocycles. The molecule has 0 fully saturated rings. The van der Waals surface area contributed by atoms with E-state index in [1.165, 1.54) is 0 Å². The molecule has 0 aliphatic rings. The third-order valence-electron chi connectivity index (χ3n) is 3.44. The lowest BCUT2D eigenvalue weighted by Crippen LogP contribution is -2.35. The highest BCUT2D eigenvalue weighted by Crippen LogP contribution is 2.17. The molecule has 0 aliphatic heterocycles. The number of benzene rings is 2. The van der Waals surface area contributed by atoms with E-state index in [0.29, 0.717) is 5.75 Å². The van der Waals surface area contributed by atoms with E-state index in [-0.39, 0.29) is 25.0 Å². The number of aryl methyl sites for hydroxylation is 1. The van der Waals surface area contributed by atoms with Crippen molar-refractivity contribution in [2.75, 3.05) is 18.5 Å². The normalized spacial score (nSPS) is 10.0. The molecule has 0 spiro atoms. The van der Waals surface area contributed by atoms with Crippen molar-refractivity contribution in [3.05, 3.63) is 59.7 Å². The zero-order valence-electron chi connectivity index (χ0n) is 13.3. The first-order valence-electron chi connectivity index (χ1n) is 7.37. The van der Waals surface area contributed by atoms with Gasteiger partial charge in [0.2, 0.25) is 5.91 Å². The van der Waals surface area contributed by atoms with Crippen LogP contribution in [0.25, 0.3) is 0 Å². The van der Waals surface area contributed by atoms with Gasteiger partial charge in [-0.1, -0.05) is 30.3 Å². The van der Waals surface area contributed by atoms with E-state index in [1.54, 1.807) is 12.1 Å².